The average Bonchev–Trinajstić information content (AvgIpc) is 3.18. The molecule has 0 saturated heterocycles. The molecule has 6 heteroatoms. The molecule has 2 aromatic carbocycles. The molecule has 2 heterocycles. The summed E-state index contributed by atoms with van der Waals surface area (Å²) < 4.78 is 4.79. The zero-order valence-corrected chi connectivity index (χ0v) is 12.8. The molecular formula is C18H13N3O3. The molecule has 0 saturated carbocycles. The summed E-state index contributed by atoms with van der Waals surface area (Å²) in [4.78, 5) is 14.7. The van der Waals surface area contributed by atoms with E-state index in [0.717, 1.165) is 21.5 Å². The van der Waals surface area contributed by atoms with Crippen molar-refractivity contribution in [2.45, 2.75) is 0 Å². The van der Waals surface area contributed by atoms with Crippen molar-refractivity contribution in [2.24, 2.45) is 10.2 Å². The van der Waals surface area contributed by atoms with Crippen LogP contribution in [-0.2, 0) is 4.74 Å². The van der Waals surface area contributed by atoms with Crippen molar-refractivity contribution < 1.29 is 14.6 Å². The predicted octanol–water partition coefficient (Wildman–Crippen LogP) is 2.32. The second kappa shape index (κ2) is 5.34. The molecule has 0 fully saturated rings. The number of para-hydroxylation sites is 1. The third-order valence-electron chi connectivity index (χ3n) is 3.99. The number of hydrogen-bond acceptors (Lipinski definition) is 5. The van der Waals surface area contributed by atoms with E-state index in [2.05, 4.69) is 15.2 Å². The Morgan fingerprint density at radius 1 is 1.29 bits per heavy atom. The highest BCUT2D eigenvalue weighted by molar-refractivity contribution is 6.06. The molecule has 0 amide bonds. The Labute approximate surface area is 136 Å². The van der Waals surface area contributed by atoms with Crippen LogP contribution in [-0.4, -0.2) is 23.2 Å². The molecule has 1 aliphatic rings. The number of esters is 1. The van der Waals surface area contributed by atoms with Crippen LogP contribution < -0.4 is 10.4 Å². The third-order valence-corrected chi connectivity index (χ3v) is 3.99. The van der Waals surface area contributed by atoms with Crippen LogP contribution in [0.2, 0.25) is 0 Å². The van der Waals surface area contributed by atoms with E-state index in [1.165, 1.54) is 7.11 Å². The van der Waals surface area contributed by atoms with Gasteiger partial charge in [-0.05, 0) is 23.4 Å². The number of carbonyl (C=O) groups excluding carboxylic acids is 1. The maximum Gasteiger partial charge on any atom is 0.339 e. The minimum absolute atomic E-state index is 0.00459. The first kappa shape index (κ1) is 14.2. The fraction of sp³-hybridized carbons (Fsp3) is 0.0556. The van der Waals surface area contributed by atoms with Gasteiger partial charge in [0.2, 0.25) is 0 Å². The smallest absolute Gasteiger partial charge is 0.339 e. The van der Waals surface area contributed by atoms with Gasteiger partial charge in [0.15, 0.2) is 5.88 Å². The van der Waals surface area contributed by atoms with Crippen molar-refractivity contribution in [3.8, 4) is 5.88 Å². The van der Waals surface area contributed by atoms with E-state index in [9.17, 15) is 9.90 Å². The summed E-state index contributed by atoms with van der Waals surface area (Å²) >= 11 is 0. The maximum absolute atomic E-state index is 11.9. The van der Waals surface area contributed by atoms with E-state index in [1.807, 2.05) is 30.3 Å². The Morgan fingerprint density at radius 2 is 2.17 bits per heavy atom. The van der Waals surface area contributed by atoms with Gasteiger partial charge in [0.1, 0.15) is 0 Å². The molecule has 1 aromatic heterocycles. The number of nitrogens with zero attached hydrogens (tertiary/aromatic N) is 2. The van der Waals surface area contributed by atoms with Crippen LogP contribution in [0.25, 0.3) is 23.2 Å². The van der Waals surface area contributed by atoms with Gasteiger partial charge in [-0.15, -0.1) is 0 Å². The number of benzene rings is 2. The van der Waals surface area contributed by atoms with Crippen LogP contribution in [0, 0.1) is 0 Å². The van der Waals surface area contributed by atoms with Gasteiger partial charge in [0, 0.05) is 16.2 Å². The summed E-state index contributed by atoms with van der Waals surface area (Å²) in [5, 5.41) is 20.8. The van der Waals surface area contributed by atoms with E-state index in [-0.39, 0.29) is 5.88 Å². The van der Waals surface area contributed by atoms with E-state index in [1.54, 1.807) is 18.3 Å². The highest BCUT2D eigenvalue weighted by Gasteiger charge is 2.16. The lowest BCUT2D eigenvalue weighted by atomic mass is 10.1. The Bertz CT molecular complexity index is 1130. The quantitative estimate of drug-likeness (QED) is 0.711. The number of methoxy groups -OCH3 is 1. The number of aromatic amines is 1. The van der Waals surface area contributed by atoms with Crippen LogP contribution in [0.4, 0.5) is 5.69 Å². The Hall–Kier alpha value is -3.41. The van der Waals surface area contributed by atoms with Gasteiger partial charge >= 0.3 is 5.97 Å². The Balaban J connectivity index is 1.93. The van der Waals surface area contributed by atoms with Gasteiger partial charge in [0.05, 0.1) is 30.1 Å². The van der Waals surface area contributed by atoms with E-state index in [0.29, 0.717) is 16.6 Å². The third kappa shape index (κ3) is 2.16. The molecule has 0 atom stereocenters. The fourth-order valence-electron chi connectivity index (χ4n) is 2.82. The van der Waals surface area contributed by atoms with Crippen molar-refractivity contribution in [3.63, 3.8) is 0 Å². The van der Waals surface area contributed by atoms with E-state index < -0.39 is 5.97 Å². The predicted molar refractivity (Wildman–Crippen MR) is 89.5 cm³/mol. The van der Waals surface area contributed by atoms with E-state index >= 15 is 0 Å². The lowest BCUT2D eigenvalue weighted by molar-refractivity contribution is 0.0603. The summed E-state index contributed by atoms with van der Waals surface area (Å²) in [7, 11) is 1.33. The maximum atomic E-state index is 11.9. The second-order valence-electron chi connectivity index (χ2n) is 5.41. The normalized spacial score (nSPS) is 13.1. The SMILES string of the molecule is COC(=O)c1cccc2c(C=c3ccc4c(c3)N=NC=4)c(O)[nH]c12. The Kier molecular flexibility index (Phi) is 3.16. The number of ether oxygens (including phenoxy) is 1. The lowest BCUT2D eigenvalue weighted by Crippen LogP contribution is -2.06. The summed E-state index contributed by atoms with van der Waals surface area (Å²) in [5.41, 5.74) is 2.32. The van der Waals surface area contributed by atoms with Crippen molar-refractivity contribution in [3.05, 3.63) is 58.0 Å². The highest BCUT2D eigenvalue weighted by Crippen LogP contribution is 2.30. The van der Waals surface area contributed by atoms with Gasteiger partial charge in [0.25, 0.3) is 0 Å². The molecule has 6 nitrogen and oxygen atoms in total. The number of nitrogens with one attached hydrogen (secondary N) is 1. The van der Waals surface area contributed by atoms with E-state index in [4.69, 9.17) is 4.74 Å². The molecule has 0 bridgehead atoms. The average molecular weight is 319 g/mol. The number of hydrogen-bond donors (Lipinski definition) is 2. The van der Waals surface area contributed by atoms with Crippen molar-refractivity contribution in [1.82, 2.24) is 4.98 Å². The molecule has 1 aliphatic heterocycles. The van der Waals surface area contributed by atoms with Crippen molar-refractivity contribution in [2.75, 3.05) is 7.11 Å². The molecule has 4 rings (SSSR count). The number of fused-ring (bicyclic) bond motifs is 2. The first-order valence-electron chi connectivity index (χ1n) is 7.32. The molecule has 0 unspecified atom stereocenters. The number of H-pyrrole nitrogens is 1. The van der Waals surface area contributed by atoms with Crippen LogP contribution in [0.15, 0.2) is 46.6 Å². The number of carbonyl (C=O) groups is 1. The number of aromatic nitrogens is 1. The van der Waals surface area contributed by atoms with Crippen molar-refractivity contribution in [1.29, 1.82) is 0 Å². The lowest BCUT2D eigenvalue weighted by Gasteiger charge is -2.00. The topological polar surface area (TPSA) is 87.0 Å². The monoisotopic (exact) mass is 319 g/mol. The minimum atomic E-state index is -0.457. The van der Waals surface area contributed by atoms with Crippen LogP contribution in [0.1, 0.15) is 15.9 Å². The van der Waals surface area contributed by atoms with Crippen LogP contribution in [0.3, 0.4) is 0 Å². The molecule has 0 spiro atoms. The first-order valence-corrected chi connectivity index (χ1v) is 7.32. The standard InChI is InChI=1S/C18H13N3O3/c1-24-18(23)13-4-2-3-12-14(17(22)20-16(12)13)7-10-5-6-11-9-19-21-15(11)8-10/h2-9,20,22H,1H3. The number of aromatic hydroxyl groups is 1. The van der Waals surface area contributed by atoms with Crippen LogP contribution >= 0.6 is 0 Å². The van der Waals surface area contributed by atoms with Crippen LogP contribution in [0.5, 0.6) is 5.88 Å². The highest BCUT2D eigenvalue weighted by atomic mass is 16.5. The van der Waals surface area contributed by atoms with Gasteiger partial charge in [-0.25, -0.2) is 4.79 Å². The zero-order valence-electron chi connectivity index (χ0n) is 12.8. The summed E-state index contributed by atoms with van der Waals surface area (Å²) in [6.45, 7) is 0. The number of rotatable bonds is 2. The second-order valence-corrected chi connectivity index (χ2v) is 5.41. The van der Waals surface area contributed by atoms with Crippen molar-refractivity contribution >= 4 is 34.8 Å². The molecule has 0 radical (unpaired) electrons. The van der Waals surface area contributed by atoms with Gasteiger partial charge < -0.3 is 14.8 Å². The zero-order chi connectivity index (χ0) is 16.7. The number of azo groups is 1. The molecule has 24 heavy (non-hydrogen) atoms. The largest absolute Gasteiger partial charge is 0.494 e. The van der Waals surface area contributed by atoms with Gasteiger partial charge in [-0.1, -0.05) is 24.3 Å². The summed E-state index contributed by atoms with van der Waals surface area (Å²) in [6.07, 6.45) is 3.54. The molecule has 0 aliphatic carbocycles. The van der Waals surface area contributed by atoms with Gasteiger partial charge in [-0.3, -0.25) is 0 Å². The molecule has 118 valence electrons. The fourth-order valence-corrected chi connectivity index (χ4v) is 2.82. The minimum Gasteiger partial charge on any atom is -0.494 e. The summed E-state index contributed by atoms with van der Waals surface area (Å²) in [6, 6.07) is 11.0. The summed E-state index contributed by atoms with van der Waals surface area (Å²) in [5.74, 6) is -0.461. The molecular weight excluding hydrogens is 306 g/mol. The molecule has 2 N–H and O–H groups in total. The Morgan fingerprint density at radius 3 is 3.00 bits per heavy atom. The first-order chi connectivity index (χ1) is 11.7. The molecule has 3 aromatic rings. The van der Waals surface area contributed by atoms with Gasteiger partial charge in [-0.2, -0.15) is 10.2 Å².